The zero-order chi connectivity index (χ0) is 14.0. The molecule has 0 bridgehead atoms. The minimum absolute atomic E-state index is 0.0698. The first-order valence-electron chi connectivity index (χ1n) is 5.50. The lowest BCUT2D eigenvalue weighted by molar-refractivity contribution is -0.134. The summed E-state index contributed by atoms with van der Waals surface area (Å²) in [5, 5.41) is 2.10. The Labute approximate surface area is 118 Å². The molecule has 1 unspecified atom stereocenters. The molecule has 2 rings (SSSR count). The van der Waals surface area contributed by atoms with Gasteiger partial charge < -0.3 is 0 Å². The van der Waals surface area contributed by atoms with Crippen molar-refractivity contribution >= 4 is 37.8 Å². The van der Waals surface area contributed by atoms with Crippen molar-refractivity contribution in [2.24, 2.45) is 0 Å². The summed E-state index contributed by atoms with van der Waals surface area (Å²) in [6.07, 6.45) is 0.291. The number of hydrogen-bond acceptors (Lipinski definition) is 4. The number of nitrogens with one attached hydrogen (secondary N) is 2. The third-order valence-electron chi connectivity index (χ3n) is 2.66. The van der Waals surface area contributed by atoms with Crippen molar-refractivity contribution in [1.82, 2.24) is 10.0 Å². The van der Waals surface area contributed by atoms with Crippen LogP contribution in [0.1, 0.15) is 12.8 Å². The van der Waals surface area contributed by atoms with Crippen LogP contribution in [-0.2, 0) is 19.6 Å². The second kappa shape index (κ2) is 5.40. The van der Waals surface area contributed by atoms with Gasteiger partial charge in [0.2, 0.25) is 21.8 Å². The van der Waals surface area contributed by atoms with Gasteiger partial charge in [-0.15, -0.1) is 0 Å². The van der Waals surface area contributed by atoms with Crippen LogP contribution in [0.5, 0.6) is 0 Å². The predicted octanol–water partition coefficient (Wildman–Crippen LogP) is 0.533. The highest BCUT2D eigenvalue weighted by Gasteiger charge is 2.30. The van der Waals surface area contributed by atoms with Gasteiger partial charge in [-0.05, 0) is 30.7 Å². The summed E-state index contributed by atoms with van der Waals surface area (Å²) >= 11 is 3.21. The number of imide groups is 1. The number of amides is 2. The first-order chi connectivity index (χ1) is 8.88. The molecule has 0 spiro atoms. The van der Waals surface area contributed by atoms with Gasteiger partial charge in [0.15, 0.2) is 0 Å². The fourth-order valence-electron chi connectivity index (χ4n) is 1.68. The molecule has 8 heteroatoms. The lowest BCUT2D eigenvalue weighted by Crippen LogP contribution is -2.52. The number of carbonyl (C=O) groups excluding carboxylic acids is 2. The summed E-state index contributed by atoms with van der Waals surface area (Å²) in [4.78, 5) is 22.5. The molecule has 1 aliphatic heterocycles. The number of piperidine rings is 1. The van der Waals surface area contributed by atoms with E-state index in [-0.39, 0.29) is 23.6 Å². The van der Waals surface area contributed by atoms with E-state index in [1.165, 1.54) is 12.1 Å². The second-order valence-electron chi connectivity index (χ2n) is 4.08. The second-order valence-corrected chi connectivity index (χ2v) is 6.71. The summed E-state index contributed by atoms with van der Waals surface area (Å²) in [5.74, 6) is -0.999. The van der Waals surface area contributed by atoms with E-state index in [0.29, 0.717) is 0 Å². The molecule has 19 heavy (non-hydrogen) atoms. The Balaban J connectivity index is 2.15. The van der Waals surface area contributed by atoms with Crippen LogP contribution in [0.3, 0.4) is 0 Å². The van der Waals surface area contributed by atoms with E-state index in [9.17, 15) is 18.0 Å². The van der Waals surface area contributed by atoms with Crippen molar-refractivity contribution in [1.29, 1.82) is 0 Å². The SMILES string of the molecule is O=C1CCC(NS(=O)(=O)c2ccc(Br)cc2)C(=O)N1. The summed E-state index contributed by atoms with van der Waals surface area (Å²) in [7, 11) is -3.77. The van der Waals surface area contributed by atoms with Crippen molar-refractivity contribution in [3.63, 3.8) is 0 Å². The van der Waals surface area contributed by atoms with E-state index in [0.717, 1.165) is 4.47 Å². The quantitative estimate of drug-likeness (QED) is 0.781. The minimum Gasteiger partial charge on any atom is -0.295 e. The van der Waals surface area contributed by atoms with Crippen LogP contribution in [0.25, 0.3) is 0 Å². The molecule has 0 aromatic heterocycles. The zero-order valence-corrected chi connectivity index (χ0v) is 12.1. The van der Waals surface area contributed by atoms with E-state index in [1.54, 1.807) is 12.1 Å². The maximum Gasteiger partial charge on any atom is 0.244 e. The third-order valence-corrected chi connectivity index (χ3v) is 4.68. The van der Waals surface area contributed by atoms with Crippen LogP contribution in [0.2, 0.25) is 0 Å². The number of halogens is 1. The molecule has 1 aromatic carbocycles. The number of sulfonamides is 1. The fraction of sp³-hybridized carbons (Fsp3) is 0.273. The molecule has 2 N–H and O–H groups in total. The van der Waals surface area contributed by atoms with Gasteiger partial charge in [0.25, 0.3) is 0 Å². The van der Waals surface area contributed by atoms with Crippen LogP contribution >= 0.6 is 15.9 Å². The summed E-state index contributed by atoms with van der Waals surface area (Å²) < 4.78 is 27.1. The number of benzene rings is 1. The van der Waals surface area contributed by atoms with Crippen LogP contribution in [-0.4, -0.2) is 26.3 Å². The van der Waals surface area contributed by atoms with E-state index >= 15 is 0 Å². The Morgan fingerprint density at radius 3 is 2.42 bits per heavy atom. The number of hydrogen-bond donors (Lipinski definition) is 2. The molecule has 6 nitrogen and oxygen atoms in total. The topological polar surface area (TPSA) is 92.3 Å². The normalized spacial score (nSPS) is 20.2. The molecule has 2 amide bonds. The molecule has 0 saturated carbocycles. The van der Waals surface area contributed by atoms with Crippen molar-refractivity contribution in [2.75, 3.05) is 0 Å². The van der Waals surface area contributed by atoms with Gasteiger partial charge in [0.1, 0.15) is 6.04 Å². The Bertz CT molecular complexity index is 612. The van der Waals surface area contributed by atoms with Gasteiger partial charge >= 0.3 is 0 Å². The Morgan fingerprint density at radius 1 is 1.21 bits per heavy atom. The lowest BCUT2D eigenvalue weighted by atomic mass is 10.1. The van der Waals surface area contributed by atoms with Gasteiger partial charge in [-0.1, -0.05) is 15.9 Å². The van der Waals surface area contributed by atoms with Gasteiger partial charge in [-0.25, -0.2) is 8.42 Å². The van der Waals surface area contributed by atoms with Gasteiger partial charge in [0, 0.05) is 10.9 Å². The van der Waals surface area contributed by atoms with Gasteiger partial charge in [-0.3, -0.25) is 14.9 Å². The highest BCUT2D eigenvalue weighted by atomic mass is 79.9. The molecule has 1 aromatic rings. The van der Waals surface area contributed by atoms with Gasteiger partial charge in [-0.2, -0.15) is 4.72 Å². The third kappa shape index (κ3) is 3.40. The summed E-state index contributed by atoms with van der Waals surface area (Å²) in [6.45, 7) is 0. The van der Waals surface area contributed by atoms with Crippen molar-refractivity contribution in [3.05, 3.63) is 28.7 Å². The molecule has 1 atom stereocenters. The molecular formula is C11H11BrN2O4S. The van der Waals surface area contributed by atoms with Crippen molar-refractivity contribution in [2.45, 2.75) is 23.8 Å². The fourth-order valence-corrected chi connectivity index (χ4v) is 3.17. The maximum atomic E-state index is 12.0. The maximum absolute atomic E-state index is 12.0. The first-order valence-corrected chi connectivity index (χ1v) is 7.78. The van der Waals surface area contributed by atoms with E-state index in [2.05, 4.69) is 26.0 Å². The van der Waals surface area contributed by atoms with Crippen LogP contribution < -0.4 is 10.0 Å². The number of rotatable bonds is 3. The summed E-state index contributed by atoms with van der Waals surface area (Å²) in [6, 6.07) is 5.14. The first kappa shape index (κ1) is 14.2. The largest absolute Gasteiger partial charge is 0.295 e. The average Bonchev–Trinajstić information content (AvgIpc) is 2.33. The van der Waals surface area contributed by atoms with Crippen LogP contribution in [0.4, 0.5) is 0 Å². The van der Waals surface area contributed by atoms with Crippen molar-refractivity contribution < 1.29 is 18.0 Å². The molecule has 1 heterocycles. The van der Waals surface area contributed by atoms with E-state index in [1.807, 2.05) is 0 Å². The molecule has 1 fully saturated rings. The van der Waals surface area contributed by atoms with Crippen molar-refractivity contribution in [3.8, 4) is 0 Å². The molecule has 1 aliphatic rings. The molecular weight excluding hydrogens is 336 g/mol. The zero-order valence-electron chi connectivity index (χ0n) is 9.72. The molecule has 0 radical (unpaired) electrons. The Kier molecular flexibility index (Phi) is 4.02. The molecule has 0 aliphatic carbocycles. The van der Waals surface area contributed by atoms with Crippen LogP contribution in [0.15, 0.2) is 33.6 Å². The van der Waals surface area contributed by atoms with Gasteiger partial charge in [0.05, 0.1) is 4.90 Å². The monoisotopic (exact) mass is 346 g/mol. The Hall–Kier alpha value is -1.25. The molecule has 102 valence electrons. The standard InChI is InChI=1S/C11H11BrN2O4S/c12-7-1-3-8(4-2-7)19(17,18)14-9-5-6-10(15)13-11(9)16/h1-4,9,14H,5-6H2,(H,13,15,16). The number of carbonyl (C=O) groups is 2. The molecule has 1 saturated heterocycles. The smallest absolute Gasteiger partial charge is 0.244 e. The highest BCUT2D eigenvalue weighted by molar-refractivity contribution is 9.10. The van der Waals surface area contributed by atoms with E-state index < -0.39 is 22.0 Å². The summed E-state index contributed by atoms with van der Waals surface area (Å²) in [5.41, 5.74) is 0. The van der Waals surface area contributed by atoms with E-state index in [4.69, 9.17) is 0 Å². The van der Waals surface area contributed by atoms with Crippen LogP contribution in [0, 0.1) is 0 Å². The highest BCUT2D eigenvalue weighted by Crippen LogP contribution is 2.16. The minimum atomic E-state index is -3.77. The Morgan fingerprint density at radius 2 is 1.84 bits per heavy atom. The average molecular weight is 347 g/mol. The predicted molar refractivity (Wildman–Crippen MR) is 70.6 cm³/mol. The lowest BCUT2D eigenvalue weighted by Gasteiger charge is -2.21.